The molecule has 3 N–H and O–H groups in total. The van der Waals surface area contributed by atoms with Crippen LogP contribution in [-0.4, -0.2) is 50.3 Å². The monoisotopic (exact) mass is 367 g/mol. The van der Waals surface area contributed by atoms with Gasteiger partial charge < -0.3 is 10.1 Å². The minimum absolute atomic E-state index is 0.111. The number of hydrogen-bond donors (Lipinski definition) is 2. The molecule has 0 aliphatic carbocycles. The number of nitrogens with two attached hydrogens (primary N) is 1. The summed E-state index contributed by atoms with van der Waals surface area (Å²) in [6.07, 6.45) is 0.630. The smallest absolute Gasteiger partial charge is 0.252 e. The fraction of sp³-hybridized carbons (Fsp3) is 0.667. The van der Waals surface area contributed by atoms with Gasteiger partial charge >= 0.3 is 0 Å². The van der Waals surface area contributed by atoms with Gasteiger partial charge in [-0.25, -0.2) is 17.8 Å². The van der Waals surface area contributed by atoms with Crippen molar-refractivity contribution in [1.29, 1.82) is 0 Å². The number of methoxy groups -OCH3 is 1. The quantitative estimate of drug-likeness (QED) is 0.680. The van der Waals surface area contributed by atoms with Gasteiger partial charge in [-0.3, -0.25) is 0 Å². The molecule has 22 heavy (non-hydrogen) atoms. The van der Waals surface area contributed by atoms with E-state index in [1.54, 1.807) is 13.2 Å². The predicted molar refractivity (Wildman–Crippen MR) is 86.6 cm³/mol. The van der Waals surface area contributed by atoms with Gasteiger partial charge in [-0.1, -0.05) is 6.92 Å². The zero-order valence-corrected chi connectivity index (χ0v) is 15.0. The Balaban J connectivity index is 2.38. The zero-order valence-electron chi connectivity index (χ0n) is 12.6. The predicted octanol–water partition coefficient (Wildman–Crippen LogP) is 0.421. The van der Waals surface area contributed by atoms with Crippen molar-refractivity contribution >= 4 is 32.3 Å². The lowest BCUT2D eigenvalue weighted by molar-refractivity contribution is 0.185. The average Bonchev–Trinajstić information content (AvgIpc) is 2.91. The van der Waals surface area contributed by atoms with Crippen molar-refractivity contribution in [2.24, 2.45) is 5.14 Å². The Labute approximate surface area is 137 Å². The summed E-state index contributed by atoms with van der Waals surface area (Å²) in [5, 5.41) is 8.68. The number of fused-ring (bicyclic) bond motifs is 1. The van der Waals surface area contributed by atoms with Crippen molar-refractivity contribution in [2.45, 2.75) is 27.8 Å². The van der Waals surface area contributed by atoms with Crippen LogP contribution < -0.4 is 10.5 Å². The molecular weight excluding hydrogens is 346 g/mol. The van der Waals surface area contributed by atoms with E-state index in [2.05, 4.69) is 5.32 Å². The molecule has 7 nitrogen and oxygen atoms in total. The molecule has 2 unspecified atom stereocenters. The van der Waals surface area contributed by atoms with Gasteiger partial charge in [0.25, 0.3) is 10.0 Å². The molecule has 1 aliphatic rings. The van der Waals surface area contributed by atoms with Crippen LogP contribution in [0.2, 0.25) is 0 Å². The summed E-state index contributed by atoms with van der Waals surface area (Å²) in [6, 6.07) is 1.53. The van der Waals surface area contributed by atoms with Gasteiger partial charge in [-0.15, -0.1) is 11.3 Å². The lowest BCUT2D eigenvalue weighted by Gasteiger charge is -2.32. The fourth-order valence-corrected chi connectivity index (χ4v) is 6.57. The molecule has 2 atom stereocenters. The maximum absolute atomic E-state index is 12.7. The van der Waals surface area contributed by atoms with Gasteiger partial charge in [0, 0.05) is 38.4 Å². The summed E-state index contributed by atoms with van der Waals surface area (Å²) in [4.78, 5) is 0. The Hall–Kier alpha value is -0.360. The lowest BCUT2D eigenvalue weighted by Crippen LogP contribution is -2.43. The number of nitrogens with one attached hydrogen (secondary N) is 1. The Morgan fingerprint density at radius 3 is 2.91 bits per heavy atom. The highest BCUT2D eigenvalue weighted by Crippen LogP contribution is 2.39. The molecule has 0 spiro atoms. The Morgan fingerprint density at radius 2 is 2.32 bits per heavy atom. The Morgan fingerprint density at radius 1 is 1.59 bits per heavy atom. The van der Waals surface area contributed by atoms with Gasteiger partial charge in [0.05, 0.1) is 0 Å². The summed E-state index contributed by atoms with van der Waals surface area (Å²) >= 11 is 0.997. The van der Waals surface area contributed by atoms with Gasteiger partial charge in [0.1, 0.15) is 19.4 Å². The molecule has 0 fully saturated rings. The summed E-state index contributed by atoms with van der Waals surface area (Å²) < 4.78 is 44.0. The van der Waals surface area contributed by atoms with Crippen molar-refractivity contribution in [3.8, 4) is 0 Å². The summed E-state index contributed by atoms with van der Waals surface area (Å²) in [6.45, 7) is 3.95. The highest BCUT2D eigenvalue weighted by molar-refractivity contribution is 7.92. The number of likely N-dealkylation sites (N-methyl/N-ethyl adjacent to an activating group) is 1. The van der Waals surface area contributed by atoms with Crippen LogP contribution in [0, 0.1) is 0 Å². The first-order valence-electron chi connectivity index (χ1n) is 6.94. The largest absolute Gasteiger partial charge is 0.385 e. The van der Waals surface area contributed by atoms with Crippen LogP contribution in [0.4, 0.5) is 0 Å². The van der Waals surface area contributed by atoms with E-state index in [-0.39, 0.29) is 10.3 Å². The summed E-state index contributed by atoms with van der Waals surface area (Å²) in [7, 11) is -3.65. The van der Waals surface area contributed by atoms with E-state index in [0.717, 1.165) is 11.3 Å². The Kier molecular flexibility index (Phi) is 6.11. The number of ether oxygens (including phenoxy) is 1. The van der Waals surface area contributed by atoms with Crippen molar-refractivity contribution in [1.82, 2.24) is 9.62 Å². The molecule has 0 saturated heterocycles. The van der Waals surface area contributed by atoms with Gasteiger partial charge in [0.15, 0.2) is 0 Å². The van der Waals surface area contributed by atoms with Crippen LogP contribution in [0.1, 0.15) is 24.9 Å². The SMILES string of the molecule is CCNC1CN(CCCOC)S(=O)(=O)c2sc(S(N)=O)cc21. The standard InChI is InChI=1S/C12H21N3O4S3/c1-3-14-10-8-15(5-4-6-19-2)22(17,18)12-9(10)7-11(20-12)21(13)16/h7,10,14H,3-6,8,13H2,1-2H3. The minimum atomic E-state index is -3.56. The molecule has 0 amide bonds. The van der Waals surface area contributed by atoms with Crippen LogP contribution in [0.15, 0.2) is 14.5 Å². The second-order valence-electron chi connectivity index (χ2n) is 4.93. The van der Waals surface area contributed by atoms with E-state index in [4.69, 9.17) is 9.88 Å². The molecule has 2 rings (SSSR count). The first-order chi connectivity index (χ1) is 10.4. The lowest BCUT2D eigenvalue weighted by atomic mass is 10.1. The van der Waals surface area contributed by atoms with E-state index in [0.29, 0.717) is 42.4 Å². The highest BCUT2D eigenvalue weighted by atomic mass is 32.3. The second-order valence-corrected chi connectivity index (χ2v) is 9.40. The molecule has 0 aromatic carbocycles. The number of nitrogens with zero attached hydrogens (tertiary/aromatic N) is 1. The Bertz CT molecular complexity index is 644. The molecule has 0 radical (unpaired) electrons. The third-order valence-electron chi connectivity index (χ3n) is 3.44. The molecule has 1 aliphatic heterocycles. The maximum Gasteiger partial charge on any atom is 0.252 e. The van der Waals surface area contributed by atoms with Gasteiger partial charge in [-0.2, -0.15) is 4.31 Å². The van der Waals surface area contributed by atoms with Gasteiger partial charge in [-0.05, 0) is 19.0 Å². The average molecular weight is 368 g/mol. The van der Waals surface area contributed by atoms with E-state index in [9.17, 15) is 12.6 Å². The molecule has 0 saturated carbocycles. The minimum Gasteiger partial charge on any atom is -0.385 e. The van der Waals surface area contributed by atoms with Crippen molar-refractivity contribution in [3.05, 3.63) is 11.6 Å². The zero-order chi connectivity index (χ0) is 16.3. The number of hydrogen-bond acceptors (Lipinski definition) is 6. The van der Waals surface area contributed by atoms with Crippen molar-refractivity contribution < 1.29 is 17.4 Å². The van der Waals surface area contributed by atoms with Gasteiger partial charge in [0.2, 0.25) is 0 Å². The van der Waals surface area contributed by atoms with E-state index < -0.39 is 21.0 Å². The number of rotatable bonds is 7. The third kappa shape index (κ3) is 3.58. The fourth-order valence-electron chi connectivity index (χ4n) is 2.44. The molecule has 126 valence electrons. The summed E-state index contributed by atoms with van der Waals surface area (Å²) in [5.41, 5.74) is 0.670. The molecular formula is C12H21N3O4S3. The number of thiophene rings is 1. The van der Waals surface area contributed by atoms with Crippen LogP contribution >= 0.6 is 11.3 Å². The maximum atomic E-state index is 12.7. The van der Waals surface area contributed by atoms with Crippen molar-refractivity contribution in [2.75, 3.05) is 33.4 Å². The molecule has 1 aromatic heterocycles. The molecule has 2 heterocycles. The van der Waals surface area contributed by atoms with Crippen LogP contribution in [-0.2, 0) is 25.7 Å². The van der Waals surface area contributed by atoms with E-state index >= 15 is 0 Å². The van der Waals surface area contributed by atoms with E-state index in [1.807, 2.05) is 6.92 Å². The normalized spacial score (nSPS) is 22.4. The second kappa shape index (κ2) is 7.47. The van der Waals surface area contributed by atoms with Crippen LogP contribution in [0.25, 0.3) is 0 Å². The molecule has 1 aromatic rings. The molecule has 10 heteroatoms. The molecule has 0 bridgehead atoms. The first-order valence-corrected chi connectivity index (χ1v) is 10.4. The van der Waals surface area contributed by atoms with Crippen LogP contribution in [0.3, 0.4) is 0 Å². The summed E-state index contributed by atoms with van der Waals surface area (Å²) in [5.74, 6) is 0. The van der Waals surface area contributed by atoms with Crippen molar-refractivity contribution in [3.63, 3.8) is 0 Å². The highest BCUT2D eigenvalue weighted by Gasteiger charge is 2.38. The van der Waals surface area contributed by atoms with E-state index in [1.165, 1.54) is 4.31 Å². The first kappa shape index (κ1) is 18.0. The topological polar surface area (TPSA) is 102 Å². The number of sulfonamides is 1. The van der Waals surface area contributed by atoms with Crippen LogP contribution in [0.5, 0.6) is 0 Å². The third-order valence-corrected chi connectivity index (χ3v) is 8.04.